The number of nitrogens with zero attached hydrogens (tertiary/aromatic N) is 1. The minimum Gasteiger partial charge on any atom is -0.493 e. The Hall–Kier alpha value is -2.06. The van der Waals surface area contributed by atoms with Gasteiger partial charge in [-0.15, -0.1) is 0 Å². The number of carbonyl (C=O) groups excluding carboxylic acids is 1. The summed E-state index contributed by atoms with van der Waals surface area (Å²) in [7, 11) is 3.13. The topological polar surface area (TPSA) is 76.1 Å². The number of methoxy groups -OCH3 is 2. The zero-order valence-electron chi connectivity index (χ0n) is 14.7. The van der Waals surface area contributed by atoms with Crippen LogP contribution in [0, 0.1) is 0 Å². The Labute approximate surface area is 162 Å². The number of thiocarbonyl (C=S) groups is 1. The molecule has 0 spiro atoms. The molecule has 26 heavy (non-hydrogen) atoms. The van der Waals surface area contributed by atoms with Gasteiger partial charge in [0, 0.05) is 13.0 Å². The van der Waals surface area contributed by atoms with Crippen LogP contribution in [0.3, 0.4) is 0 Å². The van der Waals surface area contributed by atoms with Crippen molar-refractivity contribution in [3.8, 4) is 11.5 Å². The van der Waals surface area contributed by atoms with Gasteiger partial charge in [0.15, 0.2) is 11.5 Å². The van der Waals surface area contributed by atoms with E-state index in [0.717, 1.165) is 18.4 Å². The van der Waals surface area contributed by atoms with E-state index in [1.54, 1.807) is 37.3 Å². The molecule has 0 bridgehead atoms. The van der Waals surface area contributed by atoms with Gasteiger partial charge in [0.2, 0.25) is 0 Å². The smallest absolute Gasteiger partial charge is 0.303 e. The van der Waals surface area contributed by atoms with Crippen molar-refractivity contribution in [1.82, 2.24) is 4.90 Å². The van der Waals surface area contributed by atoms with E-state index < -0.39 is 5.97 Å². The summed E-state index contributed by atoms with van der Waals surface area (Å²) in [6.45, 7) is 0.507. The summed E-state index contributed by atoms with van der Waals surface area (Å²) in [4.78, 5) is 25.2. The lowest BCUT2D eigenvalue weighted by Crippen LogP contribution is -2.29. The van der Waals surface area contributed by atoms with E-state index in [4.69, 9.17) is 26.8 Å². The van der Waals surface area contributed by atoms with Gasteiger partial charge in [-0.2, -0.15) is 0 Å². The molecule has 0 radical (unpaired) electrons. The van der Waals surface area contributed by atoms with Crippen molar-refractivity contribution >= 4 is 46.3 Å². The number of aliphatic carboxylic acids is 1. The number of unbranched alkanes of at least 4 members (excludes halogenated alkanes) is 2. The van der Waals surface area contributed by atoms with E-state index in [9.17, 15) is 9.59 Å². The zero-order valence-corrected chi connectivity index (χ0v) is 16.3. The second-order valence-electron chi connectivity index (χ2n) is 5.65. The average Bonchev–Trinajstić information content (AvgIpc) is 2.88. The van der Waals surface area contributed by atoms with Gasteiger partial charge in [0.05, 0.1) is 19.1 Å². The lowest BCUT2D eigenvalue weighted by atomic mass is 10.1. The Morgan fingerprint density at radius 1 is 1.23 bits per heavy atom. The van der Waals surface area contributed by atoms with Crippen molar-refractivity contribution in [2.75, 3.05) is 20.8 Å². The summed E-state index contributed by atoms with van der Waals surface area (Å²) in [5.74, 6) is 0.301. The molecule has 1 fully saturated rings. The molecule has 1 N–H and O–H groups in total. The molecule has 0 atom stereocenters. The lowest BCUT2D eigenvalue weighted by Gasteiger charge is -2.13. The Kier molecular flexibility index (Phi) is 7.47. The van der Waals surface area contributed by atoms with Crippen LogP contribution in [0.25, 0.3) is 6.08 Å². The molecule has 1 aromatic rings. The normalized spacial score (nSPS) is 15.6. The van der Waals surface area contributed by atoms with E-state index >= 15 is 0 Å². The molecule has 1 aromatic carbocycles. The van der Waals surface area contributed by atoms with E-state index in [0.29, 0.717) is 33.7 Å². The number of carboxylic acid groups (broad SMARTS) is 1. The maximum absolute atomic E-state index is 12.6. The number of ether oxygens (including phenoxy) is 2. The second-order valence-corrected chi connectivity index (χ2v) is 7.33. The molecular weight excluding hydrogens is 374 g/mol. The first-order valence-electron chi connectivity index (χ1n) is 8.15. The van der Waals surface area contributed by atoms with Crippen molar-refractivity contribution in [3.05, 3.63) is 28.7 Å². The van der Waals surface area contributed by atoms with Crippen LogP contribution in [0.15, 0.2) is 23.1 Å². The highest BCUT2D eigenvalue weighted by atomic mass is 32.2. The summed E-state index contributed by atoms with van der Waals surface area (Å²) in [5, 5.41) is 8.64. The lowest BCUT2D eigenvalue weighted by molar-refractivity contribution is -0.137. The molecule has 6 nitrogen and oxygen atoms in total. The number of thioether (sulfide) groups is 1. The molecule has 1 saturated heterocycles. The largest absolute Gasteiger partial charge is 0.493 e. The molecular formula is C18H21NO5S2. The van der Waals surface area contributed by atoms with Crippen molar-refractivity contribution in [2.45, 2.75) is 25.7 Å². The first-order valence-corrected chi connectivity index (χ1v) is 9.38. The highest BCUT2D eigenvalue weighted by molar-refractivity contribution is 8.26. The van der Waals surface area contributed by atoms with Crippen molar-refractivity contribution in [3.63, 3.8) is 0 Å². The van der Waals surface area contributed by atoms with Gasteiger partial charge in [-0.3, -0.25) is 14.5 Å². The number of rotatable bonds is 9. The maximum Gasteiger partial charge on any atom is 0.303 e. The standard InChI is InChI=1S/C18H21NO5S2/c1-23-13-8-7-12(10-14(13)24-2)11-15-17(22)19(18(25)26-15)9-5-3-4-6-16(20)21/h7-8,10-11H,3-6,9H2,1-2H3,(H,20,21). The van der Waals surface area contributed by atoms with Crippen molar-refractivity contribution in [2.24, 2.45) is 0 Å². The fourth-order valence-electron chi connectivity index (χ4n) is 2.51. The minimum absolute atomic E-state index is 0.118. The van der Waals surface area contributed by atoms with Gasteiger partial charge >= 0.3 is 5.97 Å². The Morgan fingerprint density at radius 2 is 1.96 bits per heavy atom. The van der Waals surface area contributed by atoms with Crippen LogP contribution in [0.5, 0.6) is 11.5 Å². The van der Waals surface area contributed by atoms with Crippen molar-refractivity contribution in [1.29, 1.82) is 0 Å². The molecule has 0 saturated carbocycles. The molecule has 1 aliphatic heterocycles. The number of carbonyl (C=O) groups is 2. The zero-order chi connectivity index (χ0) is 19.1. The van der Waals surface area contributed by atoms with E-state index in [1.807, 2.05) is 6.07 Å². The molecule has 1 aliphatic rings. The molecule has 140 valence electrons. The van der Waals surface area contributed by atoms with Gasteiger partial charge in [-0.1, -0.05) is 36.5 Å². The first kappa shape index (κ1) is 20.3. The number of hydrogen-bond acceptors (Lipinski definition) is 6. The van der Waals surface area contributed by atoms with E-state index in [2.05, 4.69) is 0 Å². The third-order valence-corrected chi connectivity index (χ3v) is 5.23. The van der Waals surface area contributed by atoms with Crippen LogP contribution < -0.4 is 9.47 Å². The van der Waals surface area contributed by atoms with Crippen LogP contribution in [-0.2, 0) is 9.59 Å². The van der Waals surface area contributed by atoms with Gasteiger partial charge in [0.25, 0.3) is 5.91 Å². The van der Waals surface area contributed by atoms with Gasteiger partial charge < -0.3 is 14.6 Å². The fourth-order valence-corrected chi connectivity index (χ4v) is 3.82. The fraction of sp³-hybridized carbons (Fsp3) is 0.389. The highest BCUT2D eigenvalue weighted by Crippen LogP contribution is 2.34. The first-order chi connectivity index (χ1) is 12.5. The summed E-state index contributed by atoms with van der Waals surface area (Å²) in [6, 6.07) is 5.44. The predicted molar refractivity (Wildman–Crippen MR) is 106 cm³/mol. The number of carboxylic acids is 1. The summed E-state index contributed by atoms with van der Waals surface area (Å²) in [6.07, 6.45) is 4.01. The summed E-state index contributed by atoms with van der Waals surface area (Å²) in [5.41, 5.74) is 0.824. The van der Waals surface area contributed by atoms with Crippen LogP contribution in [0.4, 0.5) is 0 Å². The van der Waals surface area contributed by atoms with Crippen LogP contribution >= 0.6 is 24.0 Å². The molecule has 8 heteroatoms. The maximum atomic E-state index is 12.6. The number of amides is 1. The summed E-state index contributed by atoms with van der Waals surface area (Å²) >= 11 is 6.58. The van der Waals surface area contributed by atoms with Gasteiger partial charge in [-0.25, -0.2) is 0 Å². The molecule has 2 rings (SSSR count). The Balaban J connectivity index is 2.01. The SMILES string of the molecule is COc1ccc(C=C2SC(=S)N(CCCCCC(=O)O)C2=O)cc1OC. The number of benzene rings is 1. The molecule has 0 aromatic heterocycles. The van der Waals surface area contributed by atoms with Gasteiger partial charge in [-0.05, 0) is 36.6 Å². The minimum atomic E-state index is -0.798. The monoisotopic (exact) mass is 395 g/mol. The van der Waals surface area contributed by atoms with E-state index in [1.165, 1.54) is 11.8 Å². The van der Waals surface area contributed by atoms with Crippen molar-refractivity contribution < 1.29 is 24.2 Å². The van der Waals surface area contributed by atoms with Crippen LogP contribution in [0.1, 0.15) is 31.2 Å². The van der Waals surface area contributed by atoms with Crippen LogP contribution in [-0.4, -0.2) is 47.0 Å². The van der Waals surface area contributed by atoms with Crippen LogP contribution in [0.2, 0.25) is 0 Å². The summed E-state index contributed by atoms with van der Waals surface area (Å²) < 4.78 is 11.0. The Morgan fingerprint density at radius 3 is 2.62 bits per heavy atom. The highest BCUT2D eigenvalue weighted by Gasteiger charge is 2.31. The quantitative estimate of drug-likeness (QED) is 0.389. The average molecular weight is 396 g/mol. The second kappa shape index (κ2) is 9.59. The molecule has 0 aliphatic carbocycles. The van der Waals surface area contributed by atoms with Gasteiger partial charge in [0.1, 0.15) is 4.32 Å². The third-order valence-electron chi connectivity index (χ3n) is 3.85. The molecule has 0 unspecified atom stereocenters. The molecule has 1 amide bonds. The predicted octanol–water partition coefficient (Wildman–Crippen LogP) is 3.55. The number of hydrogen-bond donors (Lipinski definition) is 1. The Bertz CT molecular complexity index is 732. The van der Waals surface area contributed by atoms with E-state index in [-0.39, 0.29) is 12.3 Å². The molecule has 1 heterocycles. The third kappa shape index (κ3) is 5.22.